The Balaban J connectivity index is 0.000000907. The normalized spacial score (nSPS) is 12.9. The van der Waals surface area contributed by atoms with Crippen molar-refractivity contribution in [3.63, 3.8) is 0 Å². The standard InChI is InChI=1S/C23H24FN7O2.2C2H6/c1-26-23(32)15-12-28-21(25)20-14(15)11-17(29-20)19-16(24)9-13(22-27-3-4-30(22)2)10-18(19)31-5-7-33-8-6-31;2*1-2/h3-4,9-12,29H,5-8H2,1-2H3,(H2,25,28)(H,26,32);2*1-2H3. The van der Waals surface area contributed by atoms with Crippen LogP contribution in [0.4, 0.5) is 15.9 Å². The van der Waals surface area contributed by atoms with Gasteiger partial charge in [0.25, 0.3) is 5.91 Å². The van der Waals surface area contributed by atoms with Gasteiger partial charge in [-0.15, -0.1) is 0 Å². The zero-order valence-electron chi connectivity index (χ0n) is 22.4. The molecule has 198 valence electrons. The van der Waals surface area contributed by atoms with Crippen molar-refractivity contribution in [2.75, 3.05) is 44.0 Å². The largest absolute Gasteiger partial charge is 0.382 e. The second-order valence-corrected chi connectivity index (χ2v) is 7.92. The summed E-state index contributed by atoms with van der Waals surface area (Å²) in [6, 6.07) is 5.17. The number of aromatic nitrogens is 4. The molecule has 0 atom stereocenters. The molecule has 1 fully saturated rings. The molecule has 1 saturated heterocycles. The summed E-state index contributed by atoms with van der Waals surface area (Å²) in [7, 11) is 3.42. The third-order valence-electron chi connectivity index (χ3n) is 5.94. The van der Waals surface area contributed by atoms with Crippen molar-refractivity contribution < 1.29 is 13.9 Å². The molecule has 10 heteroatoms. The van der Waals surface area contributed by atoms with E-state index in [1.54, 1.807) is 19.3 Å². The van der Waals surface area contributed by atoms with Gasteiger partial charge in [0.2, 0.25) is 0 Å². The fourth-order valence-electron chi connectivity index (χ4n) is 4.27. The van der Waals surface area contributed by atoms with E-state index in [1.165, 1.54) is 12.3 Å². The highest BCUT2D eigenvalue weighted by molar-refractivity contribution is 6.09. The summed E-state index contributed by atoms with van der Waals surface area (Å²) < 4.78 is 23.1. The minimum atomic E-state index is -0.406. The highest BCUT2D eigenvalue weighted by atomic mass is 19.1. The molecule has 4 heterocycles. The van der Waals surface area contributed by atoms with Gasteiger partial charge in [-0.1, -0.05) is 27.7 Å². The molecule has 1 amide bonds. The Morgan fingerprint density at radius 2 is 1.84 bits per heavy atom. The van der Waals surface area contributed by atoms with Gasteiger partial charge in [0.05, 0.1) is 35.6 Å². The number of pyridine rings is 1. The summed E-state index contributed by atoms with van der Waals surface area (Å²) in [4.78, 5) is 26.2. The van der Waals surface area contributed by atoms with Crippen LogP contribution in [0.3, 0.4) is 0 Å². The molecule has 1 aliphatic rings. The van der Waals surface area contributed by atoms with Crippen LogP contribution in [0.2, 0.25) is 0 Å². The Kier molecular flexibility index (Phi) is 9.24. The molecule has 0 radical (unpaired) electrons. The van der Waals surface area contributed by atoms with Crippen LogP contribution in [-0.2, 0) is 11.8 Å². The summed E-state index contributed by atoms with van der Waals surface area (Å²) in [6.45, 7) is 10.4. The maximum atomic E-state index is 15.8. The van der Waals surface area contributed by atoms with Crippen LogP contribution in [0.5, 0.6) is 0 Å². The molecule has 1 aromatic carbocycles. The number of benzene rings is 1. The molecule has 1 aliphatic heterocycles. The molecule has 37 heavy (non-hydrogen) atoms. The molecule has 0 bridgehead atoms. The number of carbonyl (C=O) groups excluding carboxylic acids is 1. The molecular weight excluding hydrogens is 473 g/mol. The Labute approximate surface area is 216 Å². The van der Waals surface area contributed by atoms with Crippen LogP contribution in [0.15, 0.2) is 36.8 Å². The van der Waals surface area contributed by atoms with Crippen molar-refractivity contribution in [3.05, 3.63) is 48.2 Å². The number of nitrogens with zero attached hydrogens (tertiary/aromatic N) is 4. The predicted molar refractivity (Wildman–Crippen MR) is 147 cm³/mol. The smallest absolute Gasteiger partial charge is 0.253 e. The summed E-state index contributed by atoms with van der Waals surface area (Å²) in [5.74, 6) is 0.206. The second-order valence-electron chi connectivity index (χ2n) is 7.92. The first-order chi connectivity index (χ1) is 18.0. The van der Waals surface area contributed by atoms with E-state index in [0.29, 0.717) is 65.4 Å². The number of halogens is 1. The van der Waals surface area contributed by atoms with Crippen LogP contribution in [0.1, 0.15) is 38.1 Å². The first-order valence-electron chi connectivity index (χ1n) is 12.6. The molecule has 4 N–H and O–H groups in total. The van der Waals surface area contributed by atoms with Crippen molar-refractivity contribution in [2.24, 2.45) is 7.05 Å². The lowest BCUT2D eigenvalue weighted by molar-refractivity contribution is 0.0964. The highest BCUT2D eigenvalue weighted by Crippen LogP contribution is 2.39. The number of ether oxygens (including phenoxy) is 1. The monoisotopic (exact) mass is 509 g/mol. The van der Waals surface area contributed by atoms with Gasteiger partial charge in [-0.3, -0.25) is 4.79 Å². The molecule has 0 saturated carbocycles. The zero-order valence-corrected chi connectivity index (χ0v) is 22.4. The summed E-state index contributed by atoms with van der Waals surface area (Å²) in [5.41, 5.74) is 9.24. The summed E-state index contributed by atoms with van der Waals surface area (Å²) in [5, 5.41) is 3.19. The number of nitrogens with two attached hydrogens (primary N) is 1. The van der Waals surface area contributed by atoms with Gasteiger partial charge in [0, 0.05) is 62.4 Å². The summed E-state index contributed by atoms with van der Waals surface area (Å²) in [6.07, 6.45) is 4.93. The van der Waals surface area contributed by atoms with Crippen LogP contribution < -0.4 is 16.0 Å². The Bertz CT molecular complexity index is 1360. The summed E-state index contributed by atoms with van der Waals surface area (Å²) >= 11 is 0. The number of carbonyl (C=O) groups is 1. The van der Waals surface area contributed by atoms with Crippen molar-refractivity contribution in [3.8, 4) is 22.6 Å². The molecular formula is C27H36FN7O2. The second kappa shape index (κ2) is 12.4. The molecule has 9 nitrogen and oxygen atoms in total. The van der Waals surface area contributed by atoms with E-state index in [0.717, 1.165) is 5.69 Å². The Hall–Kier alpha value is -3.92. The van der Waals surface area contributed by atoms with Crippen molar-refractivity contribution in [1.29, 1.82) is 0 Å². The first-order valence-corrected chi connectivity index (χ1v) is 12.6. The van der Waals surface area contributed by atoms with Crippen LogP contribution in [0, 0.1) is 5.82 Å². The van der Waals surface area contributed by atoms with E-state index in [1.807, 2.05) is 51.6 Å². The fraction of sp³-hybridized carbons (Fsp3) is 0.370. The first kappa shape index (κ1) is 27.7. The predicted octanol–water partition coefficient (Wildman–Crippen LogP) is 4.60. The van der Waals surface area contributed by atoms with E-state index >= 15 is 4.39 Å². The number of nitrogen functional groups attached to an aromatic ring is 1. The van der Waals surface area contributed by atoms with Gasteiger partial charge in [-0.2, -0.15) is 0 Å². The molecule has 3 aromatic heterocycles. The van der Waals surface area contributed by atoms with Crippen molar-refractivity contribution >= 4 is 28.3 Å². The number of H-pyrrole nitrogens is 1. The van der Waals surface area contributed by atoms with Gasteiger partial charge >= 0.3 is 0 Å². The minimum absolute atomic E-state index is 0.238. The number of imidazole rings is 1. The third-order valence-corrected chi connectivity index (χ3v) is 5.94. The van der Waals surface area contributed by atoms with Crippen molar-refractivity contribution in [2.45, 2.75) is 27.7 Å². The number of amides is 1. The average molecular weight is 510 g/mol. The number of morpholine rings is 1. The Morgan fingerprint density at radius 3 is 2.46 bits per heavy atom. The van der Waals surface area contributed by atoms with Gasteiger partial charge in [-0.05, 0) is 18.2 Å². The van der Waals surface area contributed by atoms with Gasteiger partial charge in [-0.25, -0.2) is 14.4 Å². The van der Waals surface area contributed by atoms with Crippen LogP contribution >= 0.6 is 0 Å². The van der Waals surface area contributed by atoms with E-state index in [2.05, 4.69) is 25.2 Å². The lowest BCUT2D eigenvalue weighted by Crippen LogP contribution is -2.36. The number of hydrogen-bond donors (Lipinski definition) is 3. The quantitative estimate of drug-likeness (QED) is 0.370. The molecule has 0 unspecified atom stereocenters. The number of rotatable bonds is 4. The molecule has 0 aliphatic carbocycles. The number of anilines is 2. The van der Waals surface area contributed by atoms with Crippen molar-refractivity contribution in [1.82, 2.24) is 24.8 Å². The number of nitrogens with one attached hydrogen (secondary N) is 2. The number of hydrogen-bond acceptors (Lipinski definition) is 6. The van der Waals surface area contributed by atoms with Crippen LogP contribution in [-0.4, -0.2) is 58.8 Å². The van der Waals surface area contributed by atoms with Gasteiger partial charge < -0.3 is 30.2 Å². The molecule has 4 aromatic rings. The van der Waals surface area contributed by atoms with E-state index in [-0.39, 0.29) is 11.7 Å². The van der Waals surface area contributed by atoms with Gasteiger partial charge in [0.15, 0.2) is 0 Å². The van der Waals surface area contributed by atoms with Gasteiger partial charge in [0.1, 0.15) is 17.5 Å². The topological polar surface area (TPSA) is 114 Å². The van der Waals surface area contributed by atoms with E-state index in [9.17, 15) is 4.79 Å². The molecule has 5 rings (SSSR count). The van der Waals surface area contributed by atoms with E-state index < -0.39 is 5.82 Å². The lowest BCUT2D eigenvalue weighted by Gasteiger charge is -2.31. The van der Waals surface area contributed by atoms with E-state index in [4.69, 9.17) is 10.5 Å². The zero-order chi connectivity index (χ0) is 27.1. The van der Waals surface area contributed by atoms with Crippen LogP contribution in [0.25, 0.3) is 33.5 Å². The lowest BCUT2D eigenvalue weighted by atomic mass is 10.0. The number of fused-ring (bicyclic) bond motifs is 1. The number of aryl methyl sites for hydroxylation is 1. The average Bonchev–Trinajstić information content (AvgIpc) is 3.58. The SMILES string of the molecule is CC.CC.CNC(=O)c1cnc(N)c2[nH]c(-c3c(F)cc(-c4nccn4C)cc3N3CCOCC3)cc12. The third kappa shape index (κ3) is 5.43. The minimum Gasteiger partial charge on any atom is -0.382 e. The highest BCUT2D eigenvalue weighted by Gasteiger charge is 2.24. The Morgan fingerprint density at radius 1 is 1.14 bits per heavy atom. The maximum Gasteiger partial charge on any atom is 0.253 e. The molecule has 0 spiro atoms. The fourth-order valence-corrected chi connectivity index (χ4v) is 4.27. The number of aromatic amines is 1. The maximum absolute atomic E-state index is 15.8.